The predicted molar refractivity (Wildman–Crippen MR) is 159 cm³/mol. The average molecular weight is 590 g/mol. The van der Waals surface area contributed by atoms with Crippen LogP contribution in [0.2, 0.25) is 5.02 Å². The van der Waals surface area contributed by atoms with Gasteiger partial charge < -0.3 is 35.8 Å². The highest BCUT2D eigenvalue weighted by Crippen LogP contribution is 2.29. The lowest BCUT2D eigenvalue weighted by molar-refractivity contribution is -0.118. The van der Waals surface area contributed by atoms with Gasteiger partial charge in [-0.2, -0.15) is 0 Å². The van der Waals surface area contributed by atoms with Gasteiger partial charge in [0.15, 0.2) is 0 Å². The third-order valence-corrected chi connectivity index (χ3v) is 7.52. The summed E-state index contributed by atoms with van der Waals surface area (Å²) < 4.78 is 10.8. The zero-order chi connectivity index (χ0) is 29.9. The Morgan fingerprint density at radius 1 is 1.07 bits per heavy atom. The number of anilines is 2. The van der Waals surface area contributed by atoms with Crippen molar-refractivity contribution in [2.75, 3.05) is 65.0 Å². The number of nitrogen functional groups attached to an aromatic ring is 1. The van der Waals surface area contributed by atoms with Crippen molar-refractivity contribution in [3.63, 3.8) is 0 Å². The number of carboxylic acids is 1. The smallest absolute Gasteiger partial charge is 0.335 e. The van der Waals surface area contributed by atoms with Crippen molar-refractivity contribution in [2.45, 2.75) is 37.8 Å². The number of aromatic carboxylic acids is 1. The average Bonchev–Trinajstić information content (AvgIpc) is 2.96. The Morgan fingerprint density at radius 3 is 2.32 bits per heavy atom. The number of carbonyl (C=O) groups excluding carboxylic acids is 2. The fourth-order valence-electron chi connectivity index (χ4n) is 4.84. The lowest BCUT2D eigenvalue weighted by Gasteiger charge is -2.37. The number of benzene rings is 2. The van der Waals surface area contributed by atoms with Crippen molar-refractivity contribution < 1.29 is 29.0 Å². The molecule has 2 aliphatic heterocycles. The van der Waals surface area contributed by atoms with Gasteiger partial charge in [0.2, 0.25) is 5.91 Å². The van der Waals surface area contributed by atoms with E-state index < -0.39 is 5.97 Å². The second-order valence-electron chi connectivity index (χ2n) is 10.2. The van der Waals surface area contributed by atoms with Crippen molar-refractivity contribution in [1.82, 2.24) is 15.1 Å². The molecule has 0 spiro atoms. The molecule has 0 bridgehead atoms. The number of carboxylic acid groups (broad SMARTS) is 1. The Hall–Kier alpha value is -3.38. The first-order valence-electron chi connectivity index (χ1n) is 13.6. The van der Waals surface area contributed by atoms with Crippen LogP contribution in [0, 0.1) is 0 Å². The fourth-order valence-corrected chi connectivity index (χ4v) is 5.01. The third kappa shape index (κ3) is 9.60. The van der Waals surface area contributed by atoms with E-state index in [2.05, 4.69) is 22.6 Å². The molecule has 2 fully saturated rings. The summed E-state index contributed by atoms with van der Waals surface area (Å²) in [5.74, 6) is -1.31. The summed E-state index contributed by atoms with van der Waals surface area (Å²) in [5.41, 5.74) is 7.03. The molecule has 2 saturated heterocycles. The first-order valence-corrected chi connectivity index (χ1v) is 14.0. The number of nitrogens with zero attached hydrogens (tertiary/aromatic N) is 2. The van der Waals surface area contributed by atoms with Crippen LogP contribution >= 0.6 is 11.6 Å². The van der Waals surface area contributed by atoms with E-state index in [1.54, 1.807) is 19.2 Å². The van der Waals surface area contributed by atoms with Crippen LogP contribution in [0.4, 0.5) is 11.4 Å². The summed E-state index contributed by atoms with van der Waals surface area (Å²) in [7, 11) is 5.19. The van der Waals surface area contributed by atoms with E-state index >= 15 is 0 Å². The molecule has 224 valence electrons. The minimum Gasteiger partial charge on any atom is -0.496 e. The van der Waals surface area contributed by atoms with Crippen LogP contribution in [-0.2, 0) is 9.53 Å². The number of rotatable bonds is 8. The van der Waals surface area contributed by atoms with Gasteiger partial charge in [-0.3, -0.25) is 14.5 Å². The molecular weight excluding hydrogens is 550 g/mol. The number of nitrogens with two attached hydrogens (primary N) is 1. The zero-order valence-electron chi connectivity index (χ0n) is 23.8. The molecule has 2 heterocycles. The first-order chi connectivity index (χ1) is 19.6. The molecule has 11 nitrogen and oxygen atoms in total. The number of methoxy groups -OCH3 is 2. The summed E-state index contributed by atoms with van der Waals surface area (Å²) in [6.45, 7) is 3.77. The number of likely N-dealkylation sites (tertiary alicyclic amines) is 2. The minimum atomic E-state index is -1.03. The second-order valence-corrected chi connectivity index (χ2v) is 10.7. The molecule has 0 saturated carbocycles. The van der Waals surface area contributed by atoms with Gasteiger partial charge >= 0.3 is 5.97 Å². The van der Waals surface area contributed by atoms with Crippen molar-refractivity contribution in [1.29, 1.82) is 0 Å². The molecular formula is C29H40ClN5O6. The van der Waals surface area contributed by atoms with Gasteiger partial charge in [0.05, 0.1) is 47.6 Å². The molecule has 41 heavy (non-hydrogen) atoms. The van der Waals surface area contributed by atoms with Crippen LogP contribution < -0.4 is 21.1 Å². The van der Waals surface area contributed by atoms with Crippen LogP contribution in [0.3, 0.4) is 0 Å². The monoisotopic (exact) mass is 589 g/mol. The minimum absolute atomic E-state index is 0.128. The highest BCUT2D eigenvalue weighted by molar-refractivity contribution is 6.33. The van der Waals surface area contributed by atoms with E-state index in [1.165, 1.54) is 63.7 Å². The van der Waals surface area contributed by atoms with E-state index in [1.807, 2.05) is 4.90 Å². The molecule has 2 aromatic carbocycles. The lowest BCUT2D eigenvalue weighted by atomic mass is 10.0. The van der Waals surface area contributed by atoms with Gasteiger partial charge in [0.1, 0.15) is 5.75 Å². The molecule has 2 amide bonds. The van der Waals surface area contributed by atoms with E-state index in [9.17, 15) is 14.4 Å². The largest absolute Gasteiger partial charge is 0.496 e. The number of hydrogen-bond donors (Lipinski definition) is 4. The Labute approximate surface area is 245 Å². The summed E-state index contributed by atoms with van der Waals surface area (Å²) in [6.07, 6.45) is 4.50. The molecule has 5 N–H and O–H groups in total. The summed E-state index contributed by atoms with van der Waals surface area (Å²) in [5, 5.41) is 14.9. The maximum atomic E-state index is 12.9. The number of carbonyl (C=O) groups is 3. The summed E-state index contributed by atoms with van der Waals surface area (Å²) in [4.78, 5) is 40.6. The topological polar surface area (TPSA) is 146 Å². The zero-order valence-corrected chi connectivity index (χ0v) is 24.6. The number of ether oxygens (including phenoxy) is 2. The van der Waals surface area contributed by atoms with Crippen molar-refractivity contribution in [2.24, 2.45) is 0 Å². The van der Waals surface area contributed by atoms with E-state index in [4.69, 9.17) is 31.9 Å². The summed E-state index contributed by atoms with van der Waals surface area (Å²) in [6, 6.07) is 8.63. The van der Waals surface area contributed by atoms with Gasteiger partial charge in [0.25, 0.3) is 5.91 Å². The number of nitrogens with one attached hydrogen (secondary N) is 2. The van der Waals surface area contributed by atoms with Gasteiger partial charge in [-0.25, -0.2) is 4.79 Å². The molecule has 0 aliphatic carbocycles. The molecule has 0 radical (unpaired) electrons. The fraction of sp³-hybridized carbons (Fsp3) is 0.483. The molecule has 2 aromatic rings. The van der Waals surface area contributed by atoms with Crippen molar-refractivity contribution in [3.05, 3.63) is 52.5 Å². The second kappa shape index (κ2) is 15.6. The van der Waals surface area contributed by atoms with Crippen molar-refractivity contribution in [3.8, 4) is 5.75 Å². The van der Waals surface area contributed by atoms with Gasteiger partial charge in [-0.1, -0.05) is 18.0 Å². The highest BCUT2D eigenvalue weighted by atomic mass is 35.5. The standard InChI is InChI=1S/C23H27ClN4O6.C6H13N/c1-33-19-10-17(25)16(24)9-15(19)22(30)27-18-7-8-28(11-20(18)34-2)12-21(29)26-14-5-3-13(4-6-14)23(31)32;1-7-5-3-2-4-6-7/h3-6,9-10,18,20H,7-8,11-12,25H2,1-2H3,(H,26,29)(H,27,30)(H,31,32);2-6H2,1H3/t18-,20+;/m1./s1. The Kier molecular flexibility index (Phi) is 12.2. The van der Waals surface area contributed by atoms with Crippen LogP contribution in [-0.4, -0.2) is 98.8 Å². The maximum absolute atomic E-state index is 12.9. The highest BCUT2D eigenvalue weighted by Gasteiger charge is 2.32. The molecule has 2 aliphatic rings. The number of hydrogen-bond acceptors (Lipinski definition) is 8. The predicted octanol–water partition coefficient (Wildman–Crippen LogP) is 3.19. The Bertz CT molecular complexity index is 1190. The van der Waals surface area contributed by atoms with E-state index in [-0.39, 0.29) is 46.7 Å². The number of halogens is 1. The summed E-state index contributed by atoms with van der Waals surface area (Å²) >= 11 is 6.08. The molecule has 12 heteroatoms. The normalized spacial score (nSPS) is 19.4. The van der Waals surface area contributed by atoms with Crippen LogP contribution in [0.1, 0.15) is 46.4 Å². The molecule has 2 atom stereocenters. The Balaban J connectivity index is 0.000000575. The van der Waals surface area contributed by atoms with Gasteiger partial charge in [-0.15, -0.1) is 0 Å². The SMILES string of the molecule is CN1CCCCC1.COc1cc(N)c(Cl)cc1C(=O)N[C@@H]1CCN(CC(=O)Nc2ccc(C(=O)O)cc2)C[C@@H]1OC. The molecule has 0 aromatic heterocycles. The first kappa shape index (κ1) is 32.1. The van der Waals surface area contributed by atoms with Gasteiger partial charge in [-0.05, 0) is 69.7 Å². The van der Waals surface area contributed by atoms with Crippen LogP contribution in [0.15, 0.2) is 36.4 Å². The van der Waals surface area contributed by atoms with E-state index in [0.717, 1.165) is 0 Å². The maximum Gasteiger partial charge on any atom is 0.335 e. The quantitative estimate of drug-likeness (QED) is 0.341. The van der Waals surface area contributed by atoms with Crippen LogP contribution in [0.5, 0.6) is 5.75 Å². The third-order valence-electron chi connectivity index (χ3n) is 7.19. The number of amides is 2. The molecule has 4 rings (SSSR count). The van der Waals surface area contributed by atoms with Gasteiger partial charge in [0, 0.05) is 32.0 Å². The van der Waals surface area contributed by atoms with Crippen molar-refractivity contribution >= 4 is 40.8 Å². The Morgan fingerprint density at radius 2 is 1.76 bits per heavy atom. The lowest BCUT2D eigenvalue weighted by Crippen LogP contribution is -2.55. The van der Waals surface area contributed by atoms with Crippen LogP contribution in [0.25, 0.3) is 0 Å². The molecule has 0 unspecified atom stereocenters. The van der Waals surface area contributed by atoms with E-state index in [0.29, 0.717) is 36.6 Å². The number of piperidine rings is 2.